The third-order valence-corrected chi connectivity index (χ3v) is 4.19. The Balaban J connectivity index is 1.74. The molecule has 0 radical (unpaired) electrons. The molecular formula is C21H22ClN3O2. The highest BCUT2D eigenvalue weighted by atomic mass is 35.5. The van der Waals surface area contributed by atoms with Gasteiger partial charge in [-0.15, -0.1) is 0 Å². The minimum absolute atomic E-state index is 0.0563. The van der Waals surface area contributed by atoms with Crippen LogP contribution in [0.5, 0.6) is 5.75 Å². The lowest BCUT2D eigenvalue weighted by atomic mass is 10.1. The van der Waals surface area contributed by atoms with E-state index in [1.807, 2.05) is 54.6 Å². The second kappa shape index (κ2) is 10.9. The number of rotatable bonds is 9. The monoisotopic (exact) mass is 383 g/mol. The van der Waals surface area contributed by atoms with Crippen LogP contribution in [0.25, 0.3) is 0 Å². The highest BCUT2D eigenvalue weighted by molar-refractivity contribution is 6.30. The summed E-state index contributed by atoms with van der Waals surface area (Å²) in [4.78, 5) is 12.1. The summed E-state index contributed by atoms with van der Waals surface area (Å²) in [5.74, 6) is 0.409. The number of nitrogens with one attached hydrogen (secondary N) is 2. The van der Waals surface area contributed by atoms with Crippen molar-refractivity contribution < 1.29 is 9.53 Å². The van der Waals surface area contributed by atoms with E-state index in [2.05, 4.69) is 10.6 Å². The van der Waals surface area contributed by atoms with Gasteiger partial charge in [-0.3, -0.25) is 4.79 Å². The van der Waals surface area contributed by atoms with Crippen molar-refractivity contribution in [2.24, 2.45) is 0 Å². The Hall–Kier alpha value is -2.97. The zero-order chi connectivity index (χ0) is 19.5. The molecule has 0 unspecified atom stereocenters. The van der Waals surface area contributed by atoms with Gasteiger partial charge in [0.25, 0.3) is 5.91 Å². The van der Waals surface area contributed by atoms with Gasteiger partial charge in [-0.25, -0.2) is 0 Å². The maximum atomic E-state index is 12.1. The zero-order valence-corrected chi connectivity index (χ0v) is 15.9. The molecule has 2 aromatic rings. The van der Waals surface area contributed by atoms with Crippen LogP contribution in [0, 0.1) is 11.3 Å². The molecule has 0 saturated carbocycles. The standard InChI is InChI=1S/C21H22ClN3O2/c1-27-20-8-4-17(5-9-20)11-13-25-21(26)18(14-23)15-24-12-10-16-2-6-19(22)7-3-16/h2-9,15,24H,10-13H2,1H3,(H,25,26)/b18-15-. The number of halogens is 1. The zero-order valence-electron chi connectivity index (χ0n) is 15.2. The predicted molar refractivity (Wildman–Crippen MR) is 107 cm³/mol. The molecule has 140 valence electrons. The van der Waals surface area contributed by atoms with E-state index in [4.69, 9.17) is 21.6 Å². The molecule has 2 N–H and O–H groups in total. The van der Waals surface area contributed by atoms with Crippen molar-refractivity contribution in [3.8, 4) is 11.8 Å². The first-order chi connectivity index (χ1) is 13.1. The summed E-state index contributed by atoms with van der Waals surface area (Å²) in [6.07, 6.45) is 2.91. The average molecular weight is 384 g/mol. The molecule has 27 heavy (non-hydrogen) atoms. The molecule has 0 spiro atoms. The van der Waals surface area contributed by atoms with E-state index < -0.39 is 0 Å². The van der Waals surface area contributed by atoms with Gasteiger partial charge in [0.15, 0.2) is 0 Å². The van der Waals surface area contributed by atoms with Crippen LogP contribution < -0.4 is 15.4 Å². The first kappa shape index (κ1) is 20.3. The Morgan fingerprint density at radius 2 is 1.67 bits per heavy atom. The van der Waals surface area contributed by atoms with Gasteiger partial charge in [-0.1, -0.05) is 35.9 Å². The number of amides is 1. The first-order valence-corrected chi connectivity index (χ1v) is 8.99. The van der Waals surface area contributed by atoms with Crippen molar-refractivity contribution in [1.82, 2.24) is 10.6 Å². The van der Waals surface area contributed by atoms with Crippen molar-refractivity contribution >= 4 is 17.5 Å². The largest absolute Gasteiger partial charge is 0.497 e. The van der Waals surface area contributed by atoms with Gasteiger partial charge in [0.1, 0.15) is 17.4 Å². The summed E-state index contributed by atoms with van der Waals surface area (Å²) < 4.78 is 5.11. The number of hydrogen-bond acceptors (Lipinski definition) is 4. The smallest absolute Gasteiger partial charge is 0.263 e. The lowest BCUT2D eigenvalue weighted by molar-refractivity contribution is -0.117. The van der Waals surface area contributed by atoms with Gasteiger partial charge < -0.3 is 15.4 Å². The molecule has 0 atom stereocenters. The number of hydrogen-bond donors (Lipinski definition) is 2. The summed E-state index contributed by atoms with van der Waals surface area (Å²) in [6, 6.07) is 17.1. The summed E-state index contributed by atoms with van der Waals surface area (Å²) >= 11 is 5.85. The quantitative estimate of drug-likeness (QED) is 0.396. The van der Waals surface area contributed by atoms with Crippen LogP contribution in [0.4, 0.5) is 0 Å². The molecule has 2 aromatic carbocycles. The van der Waals surface area contributed by atoms with E-state index in [9.17, 15) is 4.79 Å². The normalized spacial score (nSPS) is 10.8. The van der Waals surface area contributed by atoms with E-state index in [1.165, 1.54) is 6.20 Å². The van der Waals surface area contributed by atoms with Gasteiger partial charge in [0, 0.05) is 24.3 Å². The molecule has 0 fully saturated rings. The first-order valence-electron chi connectivity index (χ1n) is 8.61. The number of nitrogens with zero attached hydrogens (tertiary/aromatic N) is 1. The second-order valence-corrected chi connectivity index (χ2v) is 6.29. The van der Waals surface area contributed by atoms with Crippen LogP contribution in [0.1, 0.15) is 11.1 Å². The third-order valence-electron chi connectivity index (χ3n) is 3.94. The van der Waals surface area contributed by atoms with Crippen LogP contribution in [0.2, 0.25) is 5.02 Å². The molecule has 0 heterocycles. The van der Waals surface area contributed by atoms with Crippen LogP contribution in [0.15, 0.2) is 60.3 Å². The highest BCUT2D eigenvalue weighted by Crippen LogP contribution is 2.11. The Bertz CT molecular complexity index is 809. The molecule has 6 heteroatoms. The lowest BCUT2D eigenvalue weighted by Crippen LogP contribution is -2.28. The van der Waals surface area contributed by atoms with E-state index in [0.29, 0.717) is 24.5 Å². The lowest BCUT2D eigenvalue weighted by Gasteiger charge is -2.06. The summed E-state index contributed by atoms with van der Waals surface area (Å²) in [7, 11) is 1.62. The Morgan fingerprint density at radius 3 is 2.26 bits per heavy atom. The summed E-state index contributed by atoms with van der Waals surface area (Å²) in [6.45, 7) is 1.07. The molecule has 2 rings (SSSR count). The maximum absolute atomic E-state index is 12.1. The molecule has 5 nitrogen and oxygen atoms in total. The number of carbonyl (C=O) groups is 1. The molecule has 1 amide bonds. The number of ether oxygens (including phenoxy) is 1. The molecular weight excluding hydrogens is 362 g/mol. The van der Waals surface area contributed by atoms with Crippen LogP contribution in [-0.4, -0.2) is 26.1 Å². The SMILES string of the molecule is COc1ccc(CCNC(=O)/C(C#N)=C\NCCc2ccc(Cl)cc2)cc1. The fraction of sp³-hybridized carbons (Fsp3) is 0.238. The van der Waals surface area contributed by atoms with Gasteiger partial charge in [0.2, 0.25) is 0 Å². The molecule has 0 aliphatic rings. The summed E-state index contributed by atoms with van der Waals surface area (Å²) in [5.41, 5.74) is 2.27. The van der Waals surface area contributed by atoms with Crippen molar-refractivity contribution in [2.45, 2.75) is 12.8 Å². The van der Waals surface area contributed by atoms with Crippen molar-refractivity contribution in [3.63, 3.8) is 0 Å². The maximum Gasteiger partial charge on any atom is 0.263 e. The topological polar surface area (TPSA) is 74.1 Å². The fourth-order valence-electron chi connectivity index (χ4n) is 2.40. The minimum Gasteiger partial charge on any atom is -0.497 e. The van der Waals surface area contributed by atoms with E-state index in [1.54, 1.807) is 7.11 Å². The molecule has 0 aromatic heterocycles. The minimum atomic E-state index is -0.384. The van der Waals surface area contributed by atoms with Crippen molar-refractivity contribution in [2.75, 3.05) is 20.2 Å². The van der Waals surface area contributed by atoms with Gasteiger partial charge in [-0.2, -0.15) is 5.26 Å². The van der Waals surface area contributed by atoms with Crippen molar-refractivity contribution in [1.29, 1.82) is 5.26 Å². The van der Waals surface area contributed by atoms with Crippen LogP contribution in [0.3, 0.4) is 0 Å². The Morgan fingerprint density at radius 1 is 1.07 bits per heavy atom. The number of carbonyl (C=O) groups excluding carboxylic acids is 1. The highest BCUT2D eigenvalue weighted by Gasteiger charge is 2.07. The molecule has 0 aliphatic carbocycles. The van der Waals surface area contributed by atoms with Gasteiger partial charge >= 0.3 is 0 Å². The van der Waals surface area contributed by atoms with Gasteiger partial charge in [-0.05, 0) is 48.2 Å². The second-order valence-electron chi connectivity index (χ2n) is 5.85. The molecule has 0 saturated heterocycles. The van der Waals surface area contributed by atoms with Crippen LogP contribution >= 0.6 is 11.6 Å². The number of methoxy groups -OCH3 is 1. The van der Waals surface area contributed by atoms with E-state index in [-0.39, 0.29) is 11.5 Å². The Labute approximate surface area is 164 Å². The van der Waals surface area contributed by atoms with E-state index >= 15 is 0 Å². The molecule has 0 bridgehead atoms. The summed E-state index contributed by atoms with van der Waals surface area (Å²) in [5, 5.41) is 15.6. The van der Waals surface area contributed by atoms with Crippen LogP contribution in [-0.2, 0) is 17.6 Å². The van der Waals surface area contributed by atoms with Gasteiger partial charge in [0.05, 0.1) is 7.11 Å². The van der Waals surface area contributed by atoms with Crippen molar-refractivity contribution in [3.05, 3.63) is 76.5 Å². The Kier molecular flexibility index (Phi) is 8.21. The average Bonchev–Trinajstić information content (AvgIpc) is 2.70. The number of benzene rings is 2. The predicted octanol–water partition coefficient (Wildman–Crippen LogP) is 3.25. The van der Waals surface area contributed by atoms with E-state index in [0.717, 1.165) is 23.3 Å². The number of nitriles is 1. The third kappa shape index (κ3) is 7.04. The molecule has 0 aliphatic heterocycles. The fourth-order valence-corrected chi connectivity index (χ4v) is 2.52.